The van der Waals surface area contributed by atoms with Gasteiger partial charge in [0.2, 0.25) is 0 Å². The Bertz CT molecular complexity index is 476. The number of nitrogens with one attached hydrogen (secondary N) is 1. The lowest BCUT2D eigenvalue weighted by Gasteiger charge is -2.08. The molecule has 0 aliphatic heterocycles. The fourth-order valence-electron chi connectivity index (χ4n) is 1.64. The first kappa shape index (κ1) is 15.9. The molecule has 20 heavy (non-hydrogen) atoms. The highest BCUT2D eigenvalue weighted by atomic mass is 16.6. The second-order valence-corrected chi connectivity index (χ2v) is 4.12. The highest BCUT2D eigenvalue weighted by Crippen LogP contribution is 2.28. The van der Waals surface area contributed by atoms with Crippen molar-refractivity contribution < 1.29 is 19.2 Å². The van der Waals surface area contributed by atoms with E-state index in [2.05, 4.69) is 10.1 Å². The number of nitrogens with zero attached hydrogens (tertiary/aromatic N) is 1. The monoisotopic (exact) mass is 282 g/mol. The summed E-state index contributed by atoms with van der Waals surface area (Å²) < 4.78 is 9.85. The van der Waals surface area contributed by atoms with Crippen LogP contribution in [0.3, 0.4) is 0 Å². The molecule has 0 aromatic heterocycles. The number of hydrogen-bond acceptors (Lipinski definition) is 6. The van der Waals surface area contributed by atoms with E-state index in [1.165, 1.54) is 13.2 Å². The molecule has 1 N–H and O–H groups in total. The minimum Gasteiger partial charge on any atom is -0.487 e. The van der Waals surface area contributed by atoms with E-state index in [0.29, 0.717) is 13.0 Å². The predicted octanol–water partition coefficient (Wildman–Crippen LogP) is 1.65. The Morgan fingerprint density at radius 3 is 2.80 bits per heavy atom. The molecule has 0 amide bonds. The van der Waals surface area contributed by atoms with Gasteiger partial charge in [-0.1, -0.05) is 6.07 Å². The fourth-order valence-corrected chi connectivity index (χ4v) is 1.64. The largest absolute Gasteiger partial charge is 0.487 e. The zero-order chi connectivity index (χ0) is 15.0. The quantitative estimate of drug-likeness (QED) is 0.337. The van der Waals surface area contributed by atoms with E-state index in [1.807, 2.05) is 0 Å². The zero-order valence-corrected chi connectivity index (χ0v) is 11.5. The molecule has 1 aromatic rings. The molecule has 0 aliphatic rings. The number of carbonyl (C=O) groups is 1. The third-order valence-electron chi connectivity index (χ3n) is 2.61. The maximum absolute atomic E-state index is 11.0. The highest BCUT2D eigenvalue weighted by Gasteiger charge is 2.15. The SMILES string of the molecule is CNCc1ccc(OCCCC(=O)OC)c([N+](=O)[O-])c1. The van der Waals surface area contributed by atoms with E-state index in [-0.39, 0.29) is 30.4 Å². The van der Waals surface area contributed by atoms with E-state index >= 15 is 0 Å². The van der Waals surface area contributed by atoms with Crippen molar-refractivity contribution in [2.75, 3.05) is 20.8 Å². The second-order valence-electron chi connectivity index (χ2n) is 4.12. The number of rotatable bonds is 8. The first-order chi connectivity index (χ1) is 9.58. The van der Waals surface area contributed by atoms with Gasteiger partial charge < -0.3 is 14.8 Å². The van der Waals surface area contributed by atoms with Gasteiger partial charge in [0.15, 0.2) is 5.75 Å². The van der Waals surface area contributed by atoms with Crippen molar-refractivity contribution in [2.45, 2.75) is 19.4 Å². The molecule has 0 radical (unpaired) electrons. The van der Waals surface area contributed by atoms with E-state index in [0.717, 1.165) is 5.56 Å². The van der Waals surface area contributed by atoms with Gasteiger partial charge >= 0.3 is 11.7 Å². The number of ether oxygens (including phenoxy) is 2. The summed E-state index contributed by atoms with van der Waals surface area (Å²) in [4.78, 5) is 21.4. The average molecular weight is 282 g/mol. The van der Waals surface area contributed by atoms with Crippen LogP contribution in [-0.2, 0) is 16.1 Å². The van der Waals surface area contributed by atoms with Crippen LogP contribution in [0.1, 0.15) is 18.4 Å². The lowest BCUT2D eigenvalue weighted by atomic mass is 10.2. The van der Waals surface area contributed by atoms with Crippen molar-refractivity contribution in [2.24, 2.45) is 0 Å². The summed E-state index contributed by atoms with van der Waals surface area (Å²) in [6.07, 6.45) is 0.671. The minimum absolute atomic E-state index is 0.0733. The smallest absolute Gasteiger partial charge is 0.311 e. The molecule has 0 saturated heterocycles. The van der Waals surface area contributed by atoms with Crippen LogP contribution in [0, 0.1) is 10.1 Å². The van der Waals surface area contributed by atoms with Crippen molar-refractivity contribution in [3.05, 3.63) is 33.9 Å². The Kier molecular flexibility index (Phi) is 6.45. The molecule has 0 unspecified atom stereocenters. The van der Waals surface area contributed by atoms with E-state index in [1.54, 1.807) is 19.2 Å². The van der Waals surface area contributed by atoms with Crippen molar-refractivity contribution in [1.82, 2.24) is 5.32 Å². The number of esters is 1. The summed E-state index contributed by atoms with van der Waals surface area (Å²) in [5.74, 6) is -0.118. The first-order valence-electron chi connectivity index (χ1n) is 6.20. The Balaban J connectivity index is 2.64. The van der Waals surface area contributed by atoms with Crippen molar-refractivity contribution >= 4 is 11.7 Å². The van der Waals surface area contributed by atoms with E-state index in [9.17, 15) is 14.9 Å². The predicted molar refractivity (Wildman–Crippen MR) is 72.6 cm³/mol. The molecule has 0 bridgehead atoms. The van der Waals surface area contributed by atoms with Gasteiger partial charge in [0.1, 0.15) is 0 Å². The van der Waals surface area contributed by atoms with E-state index in [4.69, 9.17) is 4.74 Å². The lowest BCUT2D eigenvalue weighted by Crippen LogP contribution is -2.07. The number of nitro benzene ring substituents is 1. The number of nitro groups is 1. The molecular formula is C13H18N2O5. The van der Waals surface area contributed by atoms with Crippen molar-refractivity contribution in [3.63, 3.8) is 0 Å². The van der Waals surface area contributed by atoms with Gasteiger partial charge in [-0.3, -0.25) is 14.9 Å². The van der Waals surface area contributed by atoms with Crippen LogP contribution in [0.5, 0.6) is 5.75 Å². The van der Waals surface area contributed by atoms with Gasteiger partial charge in [-0.2, -0.15) is 0 Å². The van der Waals surface area contributed by atoms with Crippen LogP contribution in [0.15, 0.2) is 18.2 Å². The molecule has 7 nitrogen and oxygen atoms in total. The van der Waals surface area contributed by atoms with Gasteiger partial charge in [0.25, 0.3) is 0 Å². The van der Waals surface area contributed by atoms with Gasteiger partial charge in [0.05, 0.1) is 18.6 Å². The summed E-state index contributed by atoms with van der Waals surface area (Å²) in [7, 11) is 3.08. The molecular weight excluding hydrogens is 264 g/mol. The average Bonchev–Trinajstić information content (AvgIpc) is 2.44. The Hall–Kier alpha value is -2.15. The first-order valence-corrected chi connectivity index (χ1v) is 6.20. The molecule has 110 valence electrons. The standard InChI is InChI=1S/C13H18N2O5/c1-14-9-10-5-6-12(11(8-10)15(17)18)20-7-3-4-13(16)19-2/h5-6,8,14H,3-4,7,9H2,1-2H3. The van der Waals surface area contributed by atoms with Gasteiger partial charge in [-0.05, 0) is 25.1 Å². The molecule has 0 fully saturated rings. The molecule has 0 heterocycles. The van der Waals surface area contributed by atoms with Gasteiger partial charge in [-0.15, -0.1) is 0 Å². The molecule has 0 spiro atoms. The van der Waals surface area contributed by atoms with Crippen LogP contribution in [-0.4, -0.2) is 31.7 Å². The van der Waals surface area contributed by atoms with Gasteiger partial charge in [-0.25, -0.2) is 0 Å². The summed E-state index contributed by atoms with van der Waals surface area (Å²) in [6.45, 7) is 0.769. The molecule has 0 aliphatic carbocycles. The van der Waals surface area contributed by atoms with Crippen LogP contribution < -0.4 is 10.1 Å². The topological polar surface area (TPSA) is 90.7 Å². The zero-order valence-electron chi connectivity index (χ0n) is 11.5. The van der Waals surface area contributed by atoms with Crippen molar-refractivity contribution in [1.29, 1.82) is 0 Å². The van der Waals surface area contributed by atoms with E-state index < -0.39 is 4.92 Å². The molecule has 1 aromatic carbocycles. The number of methoxy groups -OCH3 is 1. The van der Waals surface area contributed by atoms with Gasteiger partial charge in [0, 0.05) is 19.0 Å². The van der Waals surface area contributed by atoms with Crippen LogP contribution >= 0.6 is 0 Å². The Labute approximate surface area is 117 Å². The third-order valence-corrected chi connectivity index (χ3v) is 2.61. The maximum Gasteiger partial charge on any atom is 0.311 e. The summed E-state index contributed by atoms with van der Waals surface area (Å²) >= 11 is 0. The molecule has 7 heteroatoms. The maximum atomic E-state index is 11.0. The number of carbonyl (C=O) groups excluding carboxylic acids is 1. The summed E-state index contributed by atoms with van der Waals surface area (Å²) in [6, 6.07) is 4.81. The minimum atomic E-state index is -0.477. The van der Waals surface area contributed by atoms with Crippen LogP contribution in [0.4, 0.5) is 5.69 Å². The number of benzene rings is 1. The highest BCUT2D eigenvalue weighted by molar-refractivity contribution is 5.69. The lowest BCUT2D eigenvalue weighted by molar-refractivity contribution is -0.385. The van der Waals surface area contributed by atoms with Crippen molar-refractivity contribution in [3.8, 4) is 5.75 Å². The second kappa shape index (κ2) is 8.11. The van der Waals surface area contributed by atoms with Crippen LogP contribution in [0.2, 0.25) is 0 Å². The Morgan fingerprint density at radius 1 is 1.45 bits per heavy atom. The summed E-state index contributed by atoms with van der Waals surface area (Å²) in [5.41, 5.74) is 0.733. The normalized spacial score (nSPS) is 10.1. The molecule has 0 saturated carbocycles. The number of hydrogen-bond donors (Lipinski definition) is 1. The molecule has 0 atom stereocenters. The Morgan fingerprint density at radius 2 is 2.20 bits per heavy atom. The van der Waals surface area contributed by atoms with Crippen LogP contribution in [0.25, 0.3) is 0 Å². The third kappa shape index (κ3) is 4.85. The fraction of sp³-hybridized carbons (Fsp3) is 0.462. The molecule has 1 rings (SSSR count). The summed E-state index contributed by atoms with van der Waals surface area (Å²) in [5, 5.41) is 13.9.